The van der Waals surface area contributed by atoms with Crippen LogP contribution in [0.1, 0.15) is 74.8 Å². The summed E-state index contributed by atoms with van der Waals surface area (Å²) in [7, 11) is 0. The molecule has 0 aliphatic rings. The molecule has 0 amide bonds. The second-order valence-electron chi connectivity index (χ2n) is 3.67. The Morgan fingerprint density at radius 2 is 0.926 bits per heavy atom. The predicted octanol–water partition coefficient (Wildman–Crippen LogP) is 8.83. The lowest BCUT2D eigenvalue weighted by molar-refractivity contribution is -0.384. The van der Waals surface area contributed by atoms with Gasteiger partial charge in [0, 0.05) is 12.1 Å². The van der Waals surface area contributed by atoms with Crippen molar-refractivity contribution in [3.8, 4) is 11.5 Å². The minimum atomic E-state index is -0.435. The maximum Gasteiger partial charge on any atom is 0.269 e. The van der Waals surface area contributed by atoms with Crippen molar-refractivity contribution in [3.63, 3.8) is 0 Å². The zero-order valence-corrected chi connectivity index (χ0v) is 19.3. The van der Waals surface area contributed by atoms with E-state index < -0.39 is 4.92 Å². The van der Waals surface area contributed by atoms with Crippen LogP contribution >= 0.6 is 0 Å². The lowest BCUT2D eigenvalue weighted by Gasteiger charge is -2.05. The van der Waals surface area contributed by atoms with E-state index in [1.165, 1.54) is 12.1 Å². The summed E-state index contributed by atoms with van der Waals surface area (Å²) >= 11 is 0. The van der Waals surface area contributed by atoms with Crippen LogP contribution in [0.25, 0.3) is 0 Å². The average molecular weight is 380 g/mol. The Labute approximate surface area is 167 Å². The molecule has 156 valence electrons. The third-order valence-corrected chi connectivity index (χ3v) is 2.30. The van der Waals surface area contributed by atoms with Gasteiger partial charge < -0.3 is 4.74 Å². The van der Waals surface area contributed by atoms with Gasteiger partial charge in [-0.3, -0.25) is 10.1 Å². The van der Waals surface area contributed by atoms with E-state index in [9.17, 15) is 10.1 Å². The quantitative estimate of drug-likeness (QED) is 0.395. The molecule has 0 heterocycles. The summed E-state index contributed by atoms with van der Waals surface area (Å²) in [5.74, 6) is 1.30. The largest absolute Gasteiger partial charge is 0.457 e. The van der Waals surface area contributed by atoms with Crippen molar-refractivity contribution >= 4 is 5.69 Å². The van der Waals surface area contributed by atoms with Gasteiger partial charge in [-0.25, -0.2) is 0 Å². The summed E-state index contributed by atoms with van der Waals surface area (Å²) in [4.78, 5) is 10.0. The highest BCUT2D eigenvalue weighted by Crippen LogP contribution is 2.23. The van der Waals surface area contributed by atoms with Crippen molar-refractivity contribution in [1.29, 1.82) is 0 Å². The fourth-order valence-corrected chi connectivity index (χ4v) is 1.38. The van der Waals surface area contributed by atoms with Gasteiger partial charge in [-0.2, -0.15) is 0 Å². The van der Waals surface area contributed by atoms with Gasteiger partial charge >= 0.3 is 0 Å². The molecular weight excluding hydrogens is 338 g/mol. The van der Waals surface area contributed by atoms with Crippen LogP contribution in [0, 0.1) is 17.0 Å². The zero-order valence-electron chi connectivity index (χ0n) is 19.3. The number of hydrogen-bond acceptors (Lipinski definition) is 3. The van der Waals surface area contributed by atoms with Crippen LogP contribution in [0.2, 0.25) is 0 Å². The van der Waals surface area contributed by atoms with Crippen molar-refractivity contribution < 1.29 is 9.66 Å². The second kappa shape index (κ2) is 25.9. The SMILES string of the molecule is CC.CC.CC.CC.CC.Cc1ccc(Oc2ccc([N+](=O)[O-])cc2)cc1. The number of nitro groups is 1. The first kappa shape index (κ1) is 32.3. The first-order valence-electron chi connectivity index (χ1n) is 10.1. The van der Waals surface area contributed by atoms with E-state index in [2.05, 4.69) is 0 Å². The Kier molecular flexibility index (Phi) is 31.0. The fourth-order valence-electron chi connectivity index (χ4n) is 1.38. The lowest BCUT2D eigenvalue weighted by Crippen LogP contribution is -1.88. The molecule has 27 heavy (non-hydrogen) atoms. The molecule has 0 fully saturated rings. The molecule has 0 saturated heterocycles. The standard InChI is InChI=1S/C13H11NO3.5C2H6/c1-10-2-6-12(7-3-10)17-13-8-4-11(5-9-13)14(15)16;5*1-2/h2-9H,1H3;5*1-2H3. The molecule has 2 aromatic rings. The van der Waals surface area contributed by atoms with E-state index in [-0.39, 0.29) is 5.69 Å². The van der Waals surface area contributed by atoms with Gasteiger partial charge in [0.1, 0.15) is 11.5 Å². The smallest absolute Gasteiger partial charge is 0.269 e. The molecule has 0 unspecified atom stereocenters. The minimum absolute atomic E-state index is 0.0567. The van der Waals surface area contributed by atoms with Gasteiger partial charge in [-0.15, -0.1) is 0 Å². The van der Waals surface area contributed by atoms with Crippen LogP contribution in [-0.2, 0) is 0 Å². The Morgan fingerprint density at radius 3 is 1.22 bits per heavy atom. The minimum Gasteiger partial charge on any atom is -0.457 e. The van der Waals surface area contributed by atoms with Crippen LogP contribution in [0.3, 0.4) is 0 Å². The number of nitro benzene ring substituents is 1. The number of aryl methyl sites for hydroxylation is 1. The third-order valence-electron chi connectivity index (χ3n) is 2.30. The highest BCUT2D eigenvalue weighted by molar-refractivity contribution is 5.38. The first-order valence-corrected chi connectivity index (χ1v) is 10.1. The van der Waals surface area contributed by atoms with Gasteiger partial charge in [-0.05, 0) is 31.2 Å². The maximum atomic E-state index is 10.5. The normalized spacial score (nSPS) is 7.37. The molecule has 0 spiro atoms. The molecule has 0 aliphatic heterocycles. The van der Waals surface area contributed by atoms with Crippen LogP contribution in [0.4, 0.5) is 5.69 Å². The summed E-state index contributed by atoms with van der Waals surface area (Å²) in [6.45, 7) is 22.0. The van der Waals surface area contributed by atoms with E-state index >= 15 is 0 Å². The molecule has 0 atom stereocenters. The second-order valence-corrected chi connectivity index (χ2v) is 3.67. The van der Waals surface area contributed by atoms with E-state index in [0.717, 1.165) is 5.56 Å². The monoisotopic (exact) mass is 379 g/mol. The number of non-ortho nitro benzene ring substituents is 1. The predicted molar refractivity (Wildman–Crippen MR) is 121 cm³/mol. The molecule has 4 heteroatoms. The molecule has 0 bridgehead atoms. The van der Waals surface area contributed by atoms with Crippen molar-refractivity contribution in [2.45, 2.75) is 76.2 Å². The molecule has 0 saturated carbocycles. The van der Waals surface area contributed by atoms with Crippen LogP contribution in [-0.4, -0.2) is 4.92 Å². The maximum absolute atomic E-state index is 10.5. The van der Waals surface area contributed by atoms with Crippen molar-refractivity contribution in [1.82, 2.24) is 0 Å². The van der Waals surface area contributed by atoms with E-state index in [4.69, 9.17) is 4.74 Å². The Morgan fingerprint density at radius 1 is 0.630 bits per heavy atom. The average Bonchev–Trinajstić information content (AvgIpc) is 2.77. The molecule has 0 radical (unpaired) electrons. The Balaban J connectivity index is -0.000000230. The molecular formula is C23H41NO3. The van der Waals surface area contributed by atoms with Crippen LogP contribution in [0.15, 0.2) is 48.5 Å². The summed E-state index contributed by atoms with van der Waals surface area (Å²) in [5, 5.41) is 10.5. The highest BCUT2D eigenvalue weighted by atomic mass is 16.6. The fraction of sp³-hybridized carbons (Fsp3) is 0.478. The highest BCUT2D eigenvalue weighted by Gasteiger charge is 2.04. The molecule has 0 aromatic heterocycles. The molecule has 2 rings (SSSR count). The summed E-state index contributed by atoms with van der Waals surface area (Å²) < 4.78 is 5.55. The third kappa shape index (κ3) is 16.8. The zero-order chi connectivity index (χ0) is 22.3. The summed E-state index contributed by atoms with van der Waals surface area (Å²) in [5.41, 5.74) is 1.21. The van der Waals surface area contributed by atoms with Crippen molar-refractivity contribution in [2.24, 2.45) is 0 Å². The Bertz CT molecular complexity index is 520. The number of nitrogens with zero attached hydrogens (tertiary/aromatic N) is 1. The van der Waals surface area contributed by atoms with Gasteiger partial charge in [0.2, 0.25) is 0 Å². The topological polar surface area (TPSA) is 52.4 Å². The van der Waals surface area contributed by atoms with Crippen LogP contribution < -0.4 is 4.74 Å². The van der Waals surface area contributed by atoms with E-state index in [1.54, 1.807) is 12.1 Å². The number of hydrogen-bond donors (Lipinski definition) is 0. The van der Waals surface area contributed by atoms with Gasteiger partial charge in [0.15, 0.2) is 0 Å². The summed E-state index contributed by atoms with van der Waals surface area (Å²) in [6, 6.07) is 13.6. The molecule has 0 N–H and O–H groups in total. The van der Waals surface area contributed by atoms with Gasteiger partial charge in [0.25, 0.3) is 5.69 Å². The Hall–Kier alpha value is -2.36. The number of benzene rings is 2. The van der Waals surface area contributed by atoms with Gasteiger partial charge in [0.05, 0.1) is 4.92 Å². The molecule has 4 nitrogen and oxygen atoms in total. The number of rotatable bonds is 3. The van der Waals surface area contributed by atoms with E-state index in [0.29, 0.717) is 11.5 Å². The molecule has 0 aliphatic carbocycles. The van der Waals surface area contributed by atoms with Crippen molar-refractivity contribution in [3.05, 3.63) is 64.2 Å². The first-order chi connectivity index (χ1) is 13.1. The number of ether oxygens (including phenoxy) is 1. The van der Waals surface area contributed by atoms with E-state index in [1.807, 2.05) is 100 Å². The van der Waals surface area contributed by atoms with Crippen LogP contribution in [0.5, 0.6) is 11.5 Å². The van der Waals surface area contributed by atoms with Gasteiger partial charge in [-0.1, -0.05) is 86.9 Å². The molecule has 2 aromatic carbocycles. The van der Waals surface area contributed by atoms with Crippen molar-refractivity contribution in [2.75, 3.05) is 0 Å². The lowest BCUT2D eigenvalue weighted by atomic mass is 10.2. The summed E-state index contributed by atoms with van der Waals surface area (Å²) in [6.07, 6.45) is 0.